The van der Waals surface area contributed by atoms with Crippen LogP contribution in [0, 0.1) is 0 Å². The topological polar surface area (TPSA) is 32.8 Å². The molecule has 24 heavy (non-hydrogen) atoms. The first-order valence-corrected chi connectivity index (χ1v) is 9.07. The molecule has 0 saturated carbocycles. The van der Waals surface area contributed by atoms with Crippen LogP contribution in [0.25, 0.3) is 6.08 Å². The molecule has 1 fully saturated rings. The summed E-state index contributed by atoms with van der Waals surface area (Å²) in [5.74, 6) is 0.660. The summed E-state index contributed by atoms with van der Waals surface area (Å²) < 4.78 is 6.08. The van der Waals surface area contributed by atoms with E-state index in [1.807, 2.05) is 24.3 Å². The number of methoxy groups -OCH3 is 1. The Morgan fingerprint density at radius 2 is 2.08 bits per heavy atom. The molecule has 4 nitrogen and oxygen atoms in total. The molecule has 0 spiro atoms. The normalized spacial score (nSPS) is 16.0. The first kappa shape index (κ1) is 18.5. The third-order valence-electron chi connectivity index (χ3n) is 3.82. The highest BCUT2D eigenvalue weighted by Gasteiger charge is 2.31. The van der Waals surface area contributed by atoms with Crippen LogP contribution < -0.4 is 9.64 Å². The van der Waals surface area contributed by atoms with Crippen LogP contribution in [0.5, 0.6) is 5.75 Å². The van der Waals surface area contributed by atoms with Crippen molar-refractivity contribution in [2.45, 2.75) is 13.8 Å². The fourth-order valence-electron chi connectivity index (χ4n) is 2.53. The monoisotopic (exact) mass is 362 g/mol. The molecule has 1 aliphatic heterocycles. The zero-order valence-electron chi connectivity index (χ0n) is 14.2. The van der Waals surface area contributed by atoms with Crippen molar-refractivity contribution in [2.24, 2.45) is 0 Å². The van der Waals surface area contributed by atoms with Gasteiger partial charge in [0.2, 0.25) is 0 Å². The number of amides is 1. The van der Waals surface area contributed by atoms with Gasteiger partial charge in [0.15, 0.2) is 0 Å². The molecule has 128 valence electrons. The number of carbonyl (C=O) groups is 1. The molecule has 1 saturated heterocycles. The highest BCUT2D eigenvalue weighted by molar-refractivity contribution is 8.26. The van der Waals surface area contributed by atoms with Crippen molar-refractivity contribution in [3.63, 3.8) is 0 Å². The van der Waals surface area contributed by atoms with Gasteiger partial charge in [-0.15, -0.1) is 6.58 Å². The van der Waals surface area contributed by atoms with Gasteiger partial charge in [0.05, 0.1) is 12.0 Å². The Hall–Kier alpha value is -1.79. The first-order chi connectivity index (χ1) is 11.5. The third-order valence-corrected chi connectivity index (χ3v) is 5.20. The smallest absolute Gasteiger partial charge is 0.266 e. The Bertz CT molecular complexity index is 682. The Labute approximate surface area is 153 Å². The molecule has 2 rings (SSSR count). The van der Waals surface area contributed by atoms with Gasteiger partial charge in [-0.3, -0.25) is 9.69 Å². The summed E-state index contributed by atoms with van der Waals surface area (Å²) >= 11 is 6.58. The van der Waals surface area contributed by atoms with Gasteiger partial charge in [0.25, 0.3) is 5.91 Å². The number of rotatable bonds is 7. The molecule has 1 amide bonds. The van der Waals surface area contributed by atoms with Crippen LogP contribution in [0.4, 0.5) is 5.69 Å². The van der Waals surface area contributed by atoms with E-state index in [2.05, 4.69) is 25.3 Å². The van der Waals surface area contributed by atoms with Gasteiger partial charge in [-0.2, -0.15) is 0 Å². The molecule has 1 aromatic rings. The predicted octanol–water partition coefficient (Wildman–Crippen LogP) is 3.93. The Balaban J connectivity index is 2.34. The van der Waals surface area contributed by atoms with Gasteiger partial charge in [-0.05, 0) is 32.1 Å². The Morgan fingerprint density at radius 3 is 2.67 bits per heavy atom. The van der Waals surface area contributed by atoms with Crippen molar-refractivity contribution in [1.82, 2.24) is 4.90 Å². The van der Waals surface area contributed by atoms with E-state index in [0.717, 1.165) is 30.1 Å². The fourth-order valence-corrected chi connectivity index (χ4v) is 3.80. The number of thiocarbonyl (C=S) groups is 1. The average molecular weight is 363 g/mol. The van der Waals surface area contributed by atoms with Crippen LogP contribution >= 0.6 is 24.0 Å². The lowest BCUT2D eigenvalue weighted by molar-refractivity contribution is -0.121. The van der Waals surface area contributed by atoms with E-state index in [-0.39, 0.29) is 5.91 Å². The maximum atomic E-state index is 12.4. The highest BCUT2D eigenvalue weighted by Crippen LogP contribution is 2.35. The van der Waals surface area contributed by atoms with E-state index in [0.29, 0.717) is 15.8 Å². The predicted molar refractivity (Wildman–Crippen MR) is 107 cm³/mol. The van der Waals surface area contributed by atoms with Gasteiger partial charge in [-0.25, -0.2) is 0 Å². The van der Waals surface area contributed by atoms with Crippen molar-refractivity contribution in [2.75, 3.05) is 31.6 Å². The lowest BCUT2D eigenvalue weighted by Gasteiger charge is -2.22. The molecule has 0 radical (unpaired) electrons. The van der Waals surface area contributed by atoms with Crippen LogP contribution in [-0.2, 0) is 4.79 Å². The van der Waals surface area contributed by atoms with E-state index < -0.39 is 0 Å². The largest absolute Gasteiger partial charge is 0.496 e. The molecule has 1 heterocycles. The number of benzene rings is 1. The third kappa shape index (κ3) is 3.82. The summed E-state index contributed by atoms with van der Waals surface area (Å²) in [6, 6.07) is 6.03. The number of anilines is 1. The van der Waals surface area contributed by atoms with E-state index in [4.69, 9.17) is 17.0 Å². The maximum Gasteiger partial charge on any atom is 0.266 e. The van der Waals surface area contributed by atoms with Crippen molar-refractivity contribution in [1.29, 1.82) is 0 Å². The second-order valence-corrected chi connectivity index (χ2v) is 6.86. The Kier molecular flexibility index (Phi) is 6.45. The van der Waals surface area contributed by atoms with E-state index in [9.17, 15) is 4.79 Å². The van der Waals surface area contributed by atoms with Gasteiger partial charge in [0.1, 0.15) is 10.1 Å². The number of hydrogen-bond donors (Lipinski definition) is 0. The van der Waals surface area contributed by atoms with Gasteiger partial charge < -0.3 is 9.64 Å². The molecule has 1 aromatic carbocycles. The van der Waals surface area contributed by atoms with Crippen molar-refractivity contribution < 1.29 is 9.53 Å². The SMILES string of the molecule is C=CCN1C(=O)/C(=C/c2ccc(N(CC)CC)cc2OC)SC1=S. The van der Waals surface area contributed by atoms with Gasteiger partial charge in [0, 0.05) is 37.0 Å². The van der Waals surface area contributed by atoms with Gasteiger partial charge in [-0.1, -0.05) is 30.1 Å². The summed E-state index contributed by atoms with van der Waals surface area (Å²) in [5.41, 5.74) is 1.97. The summed E-state index contributed by atoms with van der Waals surface area (Å²) in [7, 11) is 1.64. The molecule has 0 bridgehead atoms. The second kappa shape index (κ2) is 8.35. The zero-order chi connectivity index (χ0) is 17.7. The summed E-state index contributed by atoms with van der Waals surface area (Å²) in [5, 5.41) is 0. The second-order valence-electron chi connectivity index (χ2n) is 5.18. The number of ether oxygens (including phenoxy) is 1. The van der Waals surface area contributed by atoms with E-state index in [1.165, 1.54) is 11.8 Å². The quantitative estimate of drug-likeness (QED) is 0.417. The number of nitrogens with zero attached hydrogens (tertiary/aromatic N) is 2. The minimum absolute atomic E-state index is 0.0835. The molecular weight excluding hydrogens is 340 g/mol. The molecule has 0 aromatic heterocycles. The standard InChI is InChI=1S/C18H22N2O2S2/c1-5-10-20-17(21)16(24-18(20)23)11-13-8-9-14(12-15(13)22-4)19(6-2)7-3/h5,8-9,11-12H,1,6-7,10H2,2-4H3/b16-11-. The lowest BCUT2D eigenvalue weighted by Crippen LogP contribution is -2.27. The van der Waals surface area contributed by atoms with E-state index in [1.54, 1.807) is 18.1 Å². The molecule has 0 aliphatic carbocycles. The highest BCUT2D eigenvalue weighted by atomic mass is 32.2. The van der Waals surface area contributed by atoms with Crippen molar-refractivity contribution in [3.8, 4) is 5.75 Å². The first-order valence-electron chi connectivity index (χ1n) is 7.84. The van der Waals surface area contributed by atoms with Crippen LogP contribution in [0.3, 0.4) is 0 Å². The number of hydrogen-bond acceptors (Lipinski definition) is 5. The van der Waals surface area contributed by atoms with Crippen LogP contribution in [0.15, 0.2) is 35.8 Å². The van der Waals surface area contributed by atoms with Crippen LogP contribution in [0.2, 0.25) is 0 Å². The minimum Gasteiger partial charge on any atom is -0.496 e. The van der Waals surface area contributed by atoms with Crippen LogP contribution in [0.1, 0.15) is 19.4 Å². The fraction of sp³-hybridized carbons (Fsp3) is 0.333. The van der Waals surface area contributed by atoms with Crippen molar-refractivity contribution >= 4 is 46.0 Å². The molecule has 6 heteroatoms. The molecule has 0 N–H and O–H groups in total. The number of thioether (sulfide) groups is 1. The molecule has 0 atom stereocenters. The maximum absolute atomic E-state index is 12.4. The molecule has 0 unspecified atom stereocenters. The van der Waals surface area contributed by atoms with Crippen molar-refractivity contribution in [3.05, 3.63) is 41.3 Å². The van der Waals surface area contributed by atoms with E-state index >= 15 is 0 Å². The average Bonchev–Trinajstić information content (AvgIpc) is 2.85. The lowest BCUT2D eigenvalue weighted by atomic mass is 10.1. The molecule has 1 aliphatic rings. The number of carbonyl (C=O) groups excluding carboxylic acids is 1. The summed E-state index contributed by atoms with van der Waals surface area (Å²) in [6.45, 7) is 10.2. The molecular formula is C18H22N2O2S2. The van der Waals surface area contributed by atoms with Crippen LogP contribution in [-0.4, -0.2) is 41.9 Å². The Morgan fingerprint density at radius 1 is 1.38 bits per heavy atom. The summed E-state index contributed by atoms with van der Waals surface area (Å²) in [6.07, 6.45) is 3.51. The van der Waals surface area contributed by atoms with Gasteiger partial charge >= 0.3 is 0 Å². The minimum atomic E-state index is -0.0835. The zero-order valence-corrected chi connectivity index (χ0v) is 15.9. The summed E-state index contributed by atoms with van der Waals surface area (Å²) in [4.78, 5) is 16.8.